The van der Waals surface area contributed by atoms with Crippen LogP contribution in [0.4, 0.5) is 15.0 Å². The third-order valence-electron chi connectivity index (χ3n) is 3.37. The Labute approximate surface area is 134 Å². The van der Waals surface area contributed by atoms with Crippen LogP contribution in [0.15, 0.2) is 12.3 Å². The second kappa shape index (κ2) is 6.67. The lowest BCUT2D eigenvalue weighted by Crippen LogP contribution is -2.50. The number of ether oxygens (including phenoxy) is 1. The number of amides is 1. The van der Waals surface area contributed by atoms with Crippen molar-refractivity contribution < 1.29 is 24.1 Å². The Kier molecular flexibility index (Phi) is 5.06. The molecule has 128 valence electrons. The van der Waals surface area contributed by atoms with E-state index in [1.807, 2.05) is 0 Å². The van der Waals surface area contributed by atoms with Crippen molar-refractivity contribution in [3.63, 3.8) is 0 Å². The standard InChI is InChI=1S/C15H22FN3O4/c1-15(2,3)23-14(22)19-6-4-18(5-7-19)12-11(16)8-10(9-17-12)13(20)21/h8-9,13,20-21H,4-7H2,1-3H3. The van der Waals surface area contributed by atoms with E-state index in [1.165, 1.54) is 6.20 Å². The van der Waals surface area contributed by atoms with Crippen molar-refractivity contribution in [3.8, 4) is 0 Å². The highest BCUT2D eigenvalue weighted by Gasteiger charge is 2.27. The zero-order valence-electron chi connectivity index (χ0n) is 13.5. The summed E-state index contributed by atoms with van der Waals surface area (Å²) in [5.41, 5.74) is -0.554. The predicted octanol–water partition coefficient (Wildman–Crippen LogP) is 1.26. The van der Waals surface area contributed by atoms with E-state index in [9.17, 15) is 9.18 Å². The topological polar surface area (TPSA) is 86.1 Å². The van der Waals surface area contributed by atoms with Crippen molar-refractivity contribution in [3.05, 3.63) is 23.6 Å². The average molecular weight is 327 g/mol. The number of pyridine rings is 1. The number of halogens is 1. The zero-order valence-corrected chi connectivity index (χ0v) is 13.5. The molecule has 1 aromatic heterocycles. The van der Waals surface area contributed by atoms with Crippen LogP contribution in [-0.2, 0) is 4.74 Å². The summed E-state index contributed by atoms with van der Waals surface area (Å²) in [4.78, 5) is 19.2. The van der Waals surface area contributed by atoms with Gasteiger partial charge in [0.05, 0.1) is 0 Å². The van der Waals surface area contributed by atoms with Gasteiger partial charge in [0.15, 0.2) is 17.9 Å². The van der Waals surface area contributed by atoms with Gasteiger partial charge in [-0.15, -0.1) is 0 Å². The fraction of sp³-hybridized carbons (Fsp3) is 0.600. The third kappa shape index (κ3) is 4.52. The van der Waals surface area contributed by atoms with Gasteiger partial charge in [-0.05, 0) is 26.8 Å². The molecule has 2 N–H and O–H groups in total. The van der Waals surface area contributed by atoms with E-state index in [0.29, 0.717) is 26.2 Å². The molecule has 0 spiro atoms. The zero-order chi connectivity index (χ0) is 17.2. The van der Waals surface area contributed by atoms with E-state index in [2.05, 4.69) is 4.98 Å². The lowest BCUT2D eigenvalue weighted by Gasteiger charge is -2.36. The second-order valence-corrected chi connectivity index (χ2v) is 6.40. The summed E-state index contributed by atoms with van der Waals surface area (Å²) in [6.45, 7) is 7.06. The van der Waals surface area contributed by atoms with Crippen LogP contribution < -0.4 is 4.90 Å². The molecule has 8 heteroatoms. The summed E-state index contributed by atoms with van der Waals surface area (Å²) >= 11 is 0. The summed E-state index contributed by atoms with van der Waals surface area (Å²) in [5.74, 6) is -0.487. The minimum atomic E-state index is -1.75. The molecule has 23 heavy (non-hydrogen) atoms. The van der Waals surface area contributed by atoms with Gasteiger partial charge in [0.25, 0.3) is 0 Å². The molecule has 7 nitrogen and oxygen atoms in total. The summed E-state index contributed by atoms with van der Waals surface area (Å²) < 4.78 is 19.3. The minimum absolute atomic E-state index is 0.00126. The fourth-order valence-electron chi connectivity index (χ4n) is 2.25. The highest BCUT2D eigenvalue weighted by atomic mass is 19.1. The van der Waals surface area contributed by atoms with E-state index in [-0.39, 0.29) is 17.5 Å². The lowest BCUT2D eigenvalue weighted by molar-refractivity contribution is -0.0429. The van der Waals surface area contributed by atoms with Crippen LogP contribution in [0.5, 0.6) is 0 Å². The van der Waals surface area contributed by atoms with Crippen LogP contribution in [0.3, 0.4) is 0 Å². The van der Waals surface area contributed by atoms with Crippen LogP contribution in [0.25, 0.3) is 0 Å². The smallest absolute Gasteiger partial charge is 0.410 e. The third-order valence-corrected chi connectivity index (χ3v) is 3.37. The minimum Gasteiger partial charge on any atom is -0.444 e. The van der Waals surface area contributed by atoms with E-state index in [1.54, 1.807) is 30.6 Å². The van der Waals surface area contributed by atoms with Gasteiger partial charge in [0.2, 0.25) is 0 Å². The van der Waals surface area contributed by atoms with Gasteiger partial charge in [0, 0.05) is 37.9 Å². The molecule has 0 aromatic carbocycles. The summed E-state index contributed by atoms with van der Waals surface area (Å²) in [6.07, 6.45) is -0.914. The fourth-order valence-corrected chi connectivity index (χ4v) is 2.25. The van der Waals surface area contributed by atoms with Gasteiger partial charge in [0.1, 0.15) is 5.60 Å². The molecular formula is C15H22FN3O4. The first kappa shape index (κ1) is 17.4. The Morgan fingerprint density at radius 3 is 2.39 bits per heavy atom. The number of aliphatic hydroxyl groups is 2. The number of carbonyl (C=O) groups is 1. The SMILES string of the molecule is CC(C)(C)OC(=O)N1CCN(c2ncc(C(O)O)cc2F)CC1. The summed E-state index contributed by atoms with van der Waals surface area (Å²) in [5, 5.41) is 18.0. The monoisotopic (exact) mass is 327 g/mol. The molecule has 0 atom stereocenters. The molecule has 0 aliphatic carbocycles. The van der Waals surface area contributed by atoms with E-state index >= 15 is 0 Å². The Balaban J connectivity index is 1.98. The first-order valence-electron chi connectivity index (χ1n) is 7.42. The van der Waals surface area contributed by atoms with Crippen LogP contribution >= 0.6 is 0 Å². The molecule has 1 aliphatic rings. The lowest BCUT2D eigenvalue weighted by atomic mass is 10.2. The van der Waals surface area contributed by atoms with E-state index in [0.717, 1.165) is 6.07 Å². The molecule has 0 unspecified atom stereocenters. The van der Waals surface area contributed by atoms with Gasteiger partial charge in [-0.25, -0.2) is 14.2 Å². The first-order chi connectivity index (χ1) is 10.7. The molecule has 1 amide bonds. The molecule has 0 saturated carbocycles. The maximum Gasteiger partial charge on any atom is 0.410 e. The molecule has 0 radical (unpaired) electrons. The summed E-state index contributed by atoms with van der Waals surface area (Å²) in [7, 11) is 0. The van der Waals surface area contributed by atoms with E-state index in [4.69, 9.17) is 14.9 Å². The Bertz CT molecular complexity index is 566. The van der Waals surface area contributed by atoms with Crippen LogP contribution in [0.2, 0.25) is 0 Å². The van der Waals surface area contributed by atoms with Gasteiger partial charge >= 0.3 is 6.09 Å². The number of hydrogen-bond donors (Lipinski definition) is 2. The molecule has 0 bridgehead atoms. The van der Waals surface area contributed by atoms with Gasteiger partial charge < -0.3 is 24.7 Å². The van der Waals surface area contributed by atoms with Crippen LogP contribution in [-0.4, -0.2) is 58.0 Å². The molecule has 2 rings (SSSR count). The Morgan fingerprint density at radius 2 is 1.91 bits per heavy atom. The largest absolute Gasteiger partial charge is 0.444 e. The maximum atomic E-state index is 14.0. The second-order valence-electron chi connectivity index (χ2n) is 6.40. The molecule has 1 saturated heterocycles. The molecular weight excluding hydrogens is 305 g/mol. The number of hydrogen-bond acceptors (Lipinski definition) is 6. The number of nitrogens with zero attached hydrogens (tertiary/aromatic N) is 3. The average Bonchev–Trinajstić information content (AvgIpc) is 2.45. The van der Waals surface area contributed by atoms with Gasteiger partial charge in [-0.3, -0.25) is 0 Å². The van der Waals surface area contributed by atoms with Crippen molar-refractivity contribution in [2.75, 3.05) is 31.1 Å². The first-order valence-corrected chi connectivity index (χ1v) is 7.42. The van der Waals surface area contributed by atoms with Crippen molar-refractivity contribution in [1.82, 2.24) is 9.88 Å². The highest BCUT2D eigenvalue weighted by Crippen LogP contribution is 2.21. The van der Waals surface area contributed by atoms with Crippen molar-refractivity contribution in [1.29, 1.82) is 0 Å². The number of carbonyl (C=O) groups excluding carboxylic acids is 1. The number of anilines is 1. The molecule has 2 heterocycles. The molecule has 1 aromatic rings. The highest BCUT2D eigenvalue weighted by molar-refractivity contribution is 5.68. The molecule has 1 fully saturated rings. The predicted molar refractivity (Wildman–Crippen MR) is 81.4 cm³/mol. The van der Waals surface area contributed by atoms with Crippen LogP contribution in [0, 0.1) is 5.82 Å². The van der Waals surface area contributed by atoms with Crippen molar-refractivity contribution >= 4 is 11.9 Å². The van der Waals surface area contributed by atoms with Crippen molar-refractivity contribution in [2.24, 2.45) is 0 Å². The maximum absolute atomic E-state index is 14.0. The van der Waals surface area contributed by atoms with Gasteiger partial charge in [-0.1, -0.05) is 0 Å². The number of piperazine rings is 1. The number of aromatic nitrogens is 1. The normalized spacial score (nSPS) is 16.0. The van der Waals surface area contributed by atoms with E-state index < -0.39 is 17.7 Å². The number of rotatable bonds is 2. The quantitative estimate of drug-likeness (QED) is 0.796. The molecule has 1 aliphatic heterocycles. The number of aliphatic hydroxyl groups excluding tert-OH is 1. The summed E-state index contributed by atoms with van der Waals surface area (Å²) in [6, 6.07) is 1.05. The Morgan fingerprint density at radius 1 is 1.30 bits per heavy atom. The van der Waals surface area contributed by atoms with Crippen LogP contribution in [0.1, 0.15) is 32.6 Å². The Hall–Kier alpha value is -1.93. The van der Waals surface area contributed by atoms with Gasteiger partial charge in [-0.2, -0.15) is 0 Å². The van der Waals surface area contributed by atoms with Crippen molar-refractivity contribution in [2.45, 2.75) is 32.7 Å².